The Balaban J connectivity index is 1.74. The zero-order valence-electron chi connectivity index (χ0n) is 19.1. The third-order valence-corrected chi connectivity index (χ3v) is 6.31. The fourth-order valence-electron chi connectivity index (χ4n) is 4.06. The van der Waals surface area contributed by atoms with Crippen LogP contribution in [-0.4, -0.2) is 23.4 Å². The van der Waals surface area contributed by atoms with Crippen LogP contribution in [0.4, 0.5) is 5.69 Å². The number of aliphatic hydroxyl groups is 1. The molecule has 1 aliphatic heterocycles. The Kier molecular flexibility index (Phi) is 7.08. The zero-order valence-corrected chi connectivity index (χ0v) is 19.8. The summed E-state index contributed by atoms with van der Waals surface area (Å²) in [5.74, 6) is -0.803. The number of carbonyl (C=O) groups excluding carboxylic acids is 2. The number of hydrogen-bond donors (Lipinski definition) is 1. The van der Waals surface area contributed by atoms with E-state index in [2.05, 4.69) is 6.92 Å². The molecule has 1 unspecified atom stereocenters. The van der Waals surface area contributed by atoms with E-state index in [9.17, 15) is 14.7 Å². The van der Waals surface area contributed by atoms with Crippen LogP contribution in [-0.2, 0) is 9.59 Å². The lowest BCUT2D eigenvalue weighted by molar-refractivity contribution is -0.132. The maximum absolute atomic E-state index is 13.2. The first-order valence-corrected chi connectivity index (χ1v) is 11.6. The minimum absolute atomic E-state index is 0.0454. The highest BCUT2D eigenvalue weighted by atomic mass is 35.5. The van der Waals surface area contributed by atoms with Crippen LogP contribution in [0.25, 0.3) is 5.76 Å². The van der Waals surface area contributed by atoms with Crippen molar-refractivity contribution < 1.29 is 23.8 Å². The van der Waals surface area contributed by atoms with E-state index in [4.69, 9.17) is 20.8 Å². The number of furan rings is 1. The molecule has 3 aromatic rings. The van der Waals surface area contributed by atoms with Gasteiger partial charge in [-0.2, -0.15) is 0 Å². The van der Waals surface area contributed by atoms with E-state index >= 15 is 0 Å². The molecule has 176 valence electrons. The van der Waals surface area contributed by atoms with Crippen molar-refractivity contribution in [1.82, 2.24) is 0 Å². The maximum Gasteiger partial charge on any atom is 0.300 e. The van der Waals surface area contributed by atoms with Crippen molar-refractivity contribution in [2.24, 2.45) is 0 Å². The Morgan fingerprint density at radius 3 is 2.53 bits per heavy atom. The number of rotatable bonds is 8. The lowest BCUT2D eigenvalue weighted by atomic mass is 9.99. The molecule has 0 saturated carbocycles. The van der Waals surface area contributed by atoms with E-state index in [-0.39, 0.29) is 11.3 Å². The first-order chi connectivity index (χ1) is 16.4. The molecule has 2 heterocycles. The van der Waals surface area contributed by atoms with Crippen molar-refractivity contribution in [3.8, 4) is 5.75 Å². The highest BCUT2D eigenvalue weighted by Crippen LogP contribution is 2.44. The number of ether oxygens (including phenoxy) is 1. The molecule has 0 radical (unpaired) electrons. The summed E-state index contributed by atoms with van der Waals surface area (Å²) in [6.07, 6.45) is 4.63. The van der Waals surface area contributed by atoms with Crippen LogP contribution in [0.15, 0.2) is 70.9 Å². The first-order valence-electron chi connectivity index (χ1n) is 11.3. The first kappa shape index (κ1) is 23.6. The SMILES string of the molecule is CCCCCOc1ccc(/C(O)=C2/C(=O)C(=O)N(c3cccc(Cl)c3C)C2c2ccco2)cc1. The van der Waals surface area contributed by atoms with Gasteiger partial charge < -0.3 is 14.3 Å². The van der Waals surface area contributed by atoms with Crippen LogP contribution >= 0.6 is 11.6 Å². The predicted molar refractivity (Wildman–Crippen MR) is 131 cm³/mol. The number of amides is 1. The van der Waals surface area contributed by atoms with Gasteiger partial charge in [0.15, 0.2) is 0 Å². The lowest BCUT2D eigenvalue weighted by Gasteiger charge is -2.25. The number of benzene rings is 2. The van der Waals surface area contributed by atoms with Crippen molar-refractivity contribution in [2.75, 3.05) is 11.5 Å². The van der Waals surface area contributed by atoms with E-state index in [1.54, 1.807) is 61.5 Å². The summed E-state index contributed by atoms with van der Waals surface area (Å²) < 4.78 is 11.3. The number of halogens is 1. The topological polar surface area (TPSA) is 80.0 Å². The van der Waals surface area contributed by atoms with Crippen LogP contribution in [0.3, 0.4) is 0 Å². The molecule has 1 aromatic heterocycles. The minimum Gasteiger partial charge on any atom is -0.507 e. The molecule has 1 amide bonds. The van der Waals surface area contributed by atoms with Crippen molar-refractivity contribution in [3.05, 3.63) is 88.3 Å². The normalized spacial score (nSPS) is 17.4. The van der Waals surface area contributed by atoms with Gasteiger partial charge in [0.25, 0.3) is 11.7 Å². The molecule has 4 rings (SSSR count). The van der Waals surface area contributed by atoms with Gasteiger partial charge in [-0.25, -0.2) is 0 Å². The van der Waals surface area contributed by atoms with Gasteiger partial charge >= 0.3 is 0 Å². The third kappa shape index (κ3) is 4.46. The molecule has 1 fully saturated rings. The molecular formula is C27H26ClNO5. The van der Waals surface area contributed by atoms with Gasteiger partial charge in [0.2, 0.25) is 0 Å². The Morgan fingerprint density at radius 1 is 1.09 bits per heavy atom. The molecule has 6 nitrogen and oxygen atoms in total. The Labute approximate surface area is 203 Å². The number of aliphatic hydroxyl groups excluding tert-OH is 1. The number of unbranched alkanes of at least 4 members (excludes halogenated alkanes) is 2. The molecule has 34 heavy (non-hydrogen) atoms. The lowest BCUT2D eigenvalue weighted by Crippen LogP contribution is -2.30. The molecule has 1 aliphatic rings. The van der Waals surface area contributed by atoms with Crippen LogP contribution in [0.5, 0.6) is 5.75 Å². The van der Waals surface area contributed by atoms with Crippen LogP contribution in [0.1, 0.15) is 49.1 Å². The number of Topliss-reactive ketones (excluding diaryl/α,β-unsaturated/α-hetero) is 1. The largest absolute Gasteiger partial charge is 0.507 e. The summed E-state index contributed by atoms with van der Waals surface area (Å²) in [7, 11) is 0. The summed E-state index contributed by atoms with van der Waals surface area (Å²) in [5.41, 5.74) is 1.48. The second-order valence-electron chi connectivity index (χ2n) is 8.15. The second-order valence-corrected chi connectivity index (χ2v) is 8.56. The van der Waals surface area contributed by atoms with Gasteiger partial charge in [-0.15, -0.1) is 0 Å². The molecule has 1 saturated heterocycles. The molecule has 2 aromatic carbocycles. The number of carbonyl (C=O) groups is 2. The third-order valence-electron chi connectivity index (χ3n) is 5.90. The summed E-state index contributed by atoms with van der Waals surface area (Å²) in [6.45, 7) is 4.52. The fraction of sp³-hybridized carbons (Fsp3) is 0.259. The average Bonchev–Trinajstić information content (AvgIpc) is 3.46. The molecule has 1 N–H and O–H groups in total. The van der Waals surface area contributed by atoms with Crippen LogP contribution in [0, 0.1) is 6.92 Å². The highest BCUT2D eigenvalue weighted by molar-refractivity contribution is 6.52. The Morgan fingerprint density at radius 2 is 1.85 bits per heavy atom. The number of anilines is 1. The van der Waals surface area contributed by atoms with Gasteiger partial charge in [-0.05, 0) is 67.4 Å². The van der Waals surface area contributed by atoms with Crippen LogP contribution < -0.4 is 9.64 Å². The summed E-state index contributed by atoms with van der Waals surface area (Å²) >= 11 is 6.29. The van der Waals surface area contributed by atoms with Gasteiger partial charge in [-0.3, -0.25) is 14.5 Å². The molecular weight excluding hydrogens is 454 g/mol. The highest BCUT2D eigenvalue weighted by Gasteiger charge is 2.48. The van der Waals surface area contributed by atoms with E-state index in [1.165, 1.54) is 11.2 Å². The number of nitrogens with zero attached hydrogens (tertiary/aromatic N) is 1. The summed E-state index contributed by atoms with van der Waals surface area (Å²) in [6, 6.07) is 14.4. The standard InChI is InChI=1S/C27H26ClNO5/c1-3-4-5-15-33-19-13-11-18(12-14-19)25(30)23-24(22-10-7-16-34-22)29(27(32)26(23)31)21-9-6-8-20(28)17(21)2/h6-14,16,24,30H,3-5,15H2,1-2H3/b25-23-. The van der Waals surface area contributed by atoms with Crippen molar-refractivity contribution in [1.29, 1.82) is 0 Å². The number of ketones is 1. The Bertz CT molecular complexity index is 1210. The van der Waals surface area contributed by atoms with Crippen molar-refractivity contribution in [2.45, 2.75) is 39.2 Å². The second kappa shape index (κ2) is 10.2. The van der Waals surface area contributed by atoms with E-state index in [0.717, 1.165) is 19.3 Å². The molecule has 0 aliphatic carbocycles. The van der Waals surface area contributed by atoms with E-state index in [1.807, 2.05) is 0 Å². The monoisotopic (exact) mass is 479 g/mol. The minimum atomic E-state index is -0.933. The quantitative estimate of drug-likeness (QED) is 0.174. The molecule has 0 spiro atoms. The predicted octanol–water partition coefficient (Wildman–Crippen LogP) is 6.44. The molecule has 1 atom stereocenters. The zero-order chi connectivity index (χ0) is 24.2. The average molecular weight is 480 g/mol. The van der Waals surface area contributed by atoms with Gasteiger partial charge in [0, 0.05) is 16.3 Å². The molecule has 0 bridgehead atoms. The summed E-state index contributed by atoms with van der Waals surface area (Å²) in [5, 5.41) is 11.6. The van der Waals surface area contributed by atoms with Gasteiger partial charge in [0.05, 0.1) is 18.4 Å². The van der Waals surface area contributed by atoms with E-state index < -0.39 is 17.7 Å². The Hall–Kier alpha value is -3.51. The smallest absolute Gasteiger partial charge is 0.300 e. The molecule has 7 heteroatoms. The van der Waals surface area contributed by atoms with Crippen molar-refractivity contribution in [3.63, 3.8) is 0 Å². The van der Waals surface area contributed by atoms with Crippen molar-refractivity contribution >= 4 is 34.7 Å². The summed E-state index contributed by atoms with van der Waals surface area (Å²) in [4.78, 5) is 27.7. The fourth-order valence-corrected chi connectivity index (χ4v) is 4.23. The van der Waals surface area contributed by atoms with E-state index in [0.29, 0.717) is 40.0 Å². The van der Waals surface area contributed by atoms with Gasteiger partial charge in [0.1, 0.15) is 23.3 Å². The van der Waals surface area contributed by atoms with Gasteiger partial charge in [-0.1, -0.05) is 37.4 Å². The number of hydrogen-bond acceptors (Lipinski definition) is 5. The maximum atomic E-state index is 13.2. The van der Waals surface area contributed by atoms with Crippen LogP contribution in [0.2, 0.25) is 5.02 Å².